The molecule has 9 nitrogen and oxygen atoms in total. The van der Waals surface area contributed by atoms with Gasteiger partial charge in [0.25, 0.3) is 11.8 Å². The van der Waals surface area contributed by atoms with Crippen LogP contribution in [-0.4, -0.2) is 49.8 Å². The second-order valence-electron chi connectivity index (χ2n) is 14.0. The Morgan fingerprint density at radius 2 is 1.28 bits per heavy atom. The molecule has 234 valence electrons. The number of hydrogen-bond acceptors (Lipinski definition) is 5. The van der Waals surface area contributed by atoms with E-state index >= 15 is 0 Å². The molecule has 0 atom stereocenters. The third-order valence-corrected chi connectivity index (χ3v) is 11.5. The lowest BCUT2D eigenvalue weighted by molar-refractivity contribution is 0.0928. The van der Waals surface area contributed by atoms with E-state index in [-0.39, 0.29) is 22.6 Å². The van der Waals surface area contributed by atoms with Gasteiger partial charge >= 0.3 is 0 Å². The number of pyridine rings is 3. The fourth-order valence-electron chi connectivity index (χ4n) is 8.34. The van der Waals surface area contributed by atoms with Crippen LogP contribution in [0.15, 0.2) is 49.1 Å². The summed E-state index contributed by atoms with van der Waals surface area (Å²) in [7, 11) is 0. The zero-order valence-electron chi connectivity index (χ0n) is 25.7. The van der Waals surface area contributed by atoms with Crippen molar-refractivity contribution in [2.75, 3.05) is 13.1 Å². The van der Waals surface area contributed by atoms with Crippen molar-refractivity contribution in [3.63, 3.8) is 0 Å². The van der Waals surface area contributed by atoms with E-state index in [1.54, 1.807) is 6.20 Å². The van der Waals surface area contributed by atoms with E-state index in [2.05, 4.69) is 41.6 Å². The van der Waals surface area contributed by atoms with Crippen LogP contribution in [0.3, 0.4) is 0 Å². The molecule has 4 N–H and O–H groups in total. The number of carbonyl (C=O) groups is 2. The van der Waals surface area contributed by atoms with Gasteiger partial charge in [0.1, 0.15) is 5.15 Å². The Morgan fingerprint density at radius 1 is 0.702 bits per heavy atom. The molecular weight excluding hydrogens is 610 g/mol. The summed E-state index contributed by atoms with van der Waals surface area (Å²) < 4.78 is 0. The van der Waals surface area contributed by atoms with E-state index in [0.717, 1.165) is 115 Å². The first-order valence-corrected chi connectivity index (χ1v) is 16.9. The maximum atomic E-state index is 12.6. The van der Waals surface area contributed by atoms with Crippen molar-refractivity contribution in [2.45, 2.75) is 62.2 Å². The summed E-state index contributed by atoms with van der Waals surface area (Å²) in [5.74, 6) is 0.156. The van der Waals surface area contributed by atoms with Gasteiger partial charge in [-0.1, -0.05) is 11.6 Å². The van der Waals surface area contributed by atoms with Crippen LogP contribution in [0.5, 0.6) is 0 Å². The summed E-state index contributed by atoms with van der Waals surface area (Å²) in [6.45, 7) is 1.53. The van der Waals surface area contributed by atoms with Gasteiger partial charge in [-0.15, -0.1) is 0 Å². The van der Waals surface area contributed by atoms with E-state index in [4.69, 9.17) is 11.6 Å². The molecular formula is C37H32ClN7O2. The molecule has 0 unspecified atom stereocenters. The van der Waals surface area contributed by atoms with Crippen molar-refractivity contribution in [3.05, 3.63) is 99.0 Å². The largest absolute Gasteiger partial charge is 0.357 e. The van der Waals surface area contributed by atoms with E-state index in [1.807, 2.05) is 36.8 Å². The van der Waals surface area contributed by atoms with Crippen molar-refractivity contribution < 1.29 is 9.59 Å². The lowest BCUT2D eigenvalue weighted by atomic mass is 9.86. The van der Waals surface area contributed by atoms with E-state index in [9.17, 15) is 9.59 Å². The average molecular weight is 642 g/mol. The van der Waals surface area contributed by atoms with E-state index in [1.165, 1.54) is 27.9 Å². The molecule has 2 amide bonds. The van der Waals surface area contributed by atoms with Crippen LogP contribution in [-0.2, 0) is 36.5 Å². The molecule has 7 heterocycles. The molecule has 0 bridgehead atoms. The fraction of sp³-hybridized carbons (Fsp3) is 0.324. The monoisotopic (exact) mass is 641 g/mol. The lowest BCUT2D eigenvalue weighted by Crippen LogP contribution is -2.39. The van der Waals surface area contributed by atoms with Gasteiger partial charge in [-0.3, -0.25) is 19.6 Å². The third-order valence-electron chi connectivity index (χ3n) is 11.3. The Hall–Kier alpha value is -4.76. The van der Waals surface area contributed by atoms with Crippen molar-refractivity contribution in [1.29, 1.82) is 0 Å². The molecule has 2 spiro atoms. The zero-order chi connectivity index (χ0) is 31.5. The fourth-order valence-corrected chi connectivity index (χ4v) is 8.50. The second kappa shape index (κ2) is 9.64. The minimum atomic E-state index is 0.0728. The van der Waals surface area contributed by atoms with Gasteiger partial charge in [0.15, 0.2) is 0 Å². The number of hydrogen-bond donors (Lipinski definition) is 4. The smallest absolute Gasteiger partial charge is 0.253 e. The highest BCUT2D eigenvalue weighted by atomic mass is 35.5. The predicted octanol–water partition coefficient (Wildman–Crippen LogP) is 5.62. The molecule has 10 heteroatoms. The summed E-state index contributed by atoms with van der Waals surface area (Å²) in [5, 5.41) is 6.67. The van der Waals surface area contributed by atoms with Gasteiger partial charge in [-0.2, -0.15) is 0 Å². The summed E-state index contributed by atoms with van der Waals surface area (Å²) in [4.78, 5) is 45.2. The van der Waals surface area contributed by atoms with Crippen molar-refractivity contribution in [1.82, 2.24) is 35.6 Å². The van der Waals surface area contributed by atoms with E-state index in [0.29, 0.717) is 5.15 Å². The van der Waals surface area contributed by atoms with Crippen molar-refractivity contribution in [3.8, 4) is 33.8 Å². The standard InChI is InChI=1S/C21H18N4O.C16H14ClN3O/c26-20-17-14-4-3-12-10-23-16(13-2-1-7-22-9-13)8-15(12)18(14)25-19(17)21(5-6-21)11-24-20;17-11-5-10-8(6-18-11)1-2-9-12-14(20-13(9)10)16(3-4-16)7-19-15(12)21/h1-2,7-10,25H,3-6,11H2,(H,24,26);5-6,20H,1-4,7H2,(H,19,21). The Labute approximate surface area is 276 Å². The number of amides is 2. The molecule has 5 aromatic heterocycles. The first-order chi connectivity index (χ1) is 22.9. The number of aromatic nitrogens is 5. The summed E-state index contributed by atoms with van der Waals surface area (Å²) >= 11 is 6.06. The number of nitrogens with zero attached hydrogens (tertiary/aromatic N) is 3. The average Bonchev–Trinajstić information content (AvgIpc) is 3.98. The Balaban J connectivity index is 0.000000124. The highest BCUT2D eigenvalue weighted by Gasteiger charge is 2.53. The van der Waals surface area contributed by atoms with Gasteiger partial charge in [-0.05, 0) is 97.9 Å². The molecule has 11 rings (SSSR count). The van der Waals surface area contributed by atoms with Crippen LogP contribution >= 0.6 is 11.6 Å². The third kappa shape index (κ3) is 4.05. The maximum absolute atomic E-state index is 12.6. The first-order valence-electron chi connectivity index (χ1n) is 16.5. The summed E-state index contributed by atoms with van der Waals surface area (Å²) in [6.07, 6.45) is 15.7. The van der Waals surface area contributed by atoms with Crippen LogP contribution in [0.25, 0.3) is 33.8 Å². The van der Waals surface area contributed by atoms with Gasteiger partial charge in [-0.25, -0.2) is 4.98 Å². The van der Waals surface area contributed by atoms with Gasteiger partial charge in [0, 0.05) is 76.8 Å². The number of fused-ring (bicyclic) bond motifs is 12. The van der Waals surface area contributed by atoms with Gasteiger partial charge < -0.3 is 20.6 Å². The van der Waals surface area contributed by atoms with Crippen LogP contribution in [0.4, 0.5) is 0 Å². The number of H-pyrrole nitrogens is 2. The first kappa shape index (κ1) is 27.4. The lowest BCUT2D eigenvalue weighted by Gasteiger charge is -2.23. The van der Waals surface area contributed by atoms with Crippen LogP contribution < -0.4 is 10.6 Å². The number of carbonyl (C=O) groups excluding carboxylic acids is 2. The minimum Gasteiger partial charge on any atom is -0.357 e. The topological polar surface area (TPSA) is 128 Å². The minimum absolute atomic E-state index is 0.0728. The molecule has 2 aliphatic heterocycles. The summed E-state index contributed by atoms with van der Waals surface area (Å²) in [6, 6.07) is 8.01. The number of halogens is 1. The SMILES string of the molecule is O=C1NCC2(CC2)c2[nH]c3c(c21)CCc1cnc(-c2cccnc2)cc1-3.O=C1NCC2(CC2)c2[nH]c3c(c21)CCc1cnc(Cl)cc1-3. The summed E-state index contributed by atoms with van der Waals surface area (Å²) in [5.41, 5.74) is 15.6. The number of aromatic amines is 2. The molecule has 47 heavy (non-hydrogen) atoms. The molecule has 0 saturated heterocycles. The highest BCUT2D eigenvalue weighted by Crippen LogP contribution is 2.54. The quantitative estimate of drug-likeness (QED) is 0.177. The Bertz CT molecular complexity index is 2170. The number of rotatable bonds is 1. The molecule has 5 aromatic rings. The van der Waals surface area contributed by atoms with Crippen LogP contribution in [0.1, 0.15) is 80.0 Å². The second-order valence-corrected chi connectivity index (χ2v) is 14.4. The molecule has 0 aromatic carbocycles. The maximum Gasteiger partial charge on any atom is 0.253 e. The Morgan fingerprint density at radius 3 is 1.83 bits per heavy atom. The van der Waals surface area contributed by atoms with Crippen molar-refractivity contribution >= 4 is 23.4 Å². The number of nitrogens with one attached hydrogen (secondary N) is 4. The molecule has 2 fully saturated rings. The zero-order valence-corrected chi connectivity index (χ0v) is 26.5. The molecule has 2 saturated carbocycles. The van der Waals surface area contributed by atoms with E-state index < -0.39 is 0 Å². The van der Waals surface area contributed by atoms with Crippen LogP contribution in [0.2, 0.25) is 5.15 Å². The van der Waals surface area contributed by atoms with Gasteiger partial charge in [0.05, 0.1) is 28.2 Å². The van der Waals surface area contributed by atoms with Crippen molar-refractivity contribution in [2.24, 2.45) is 0 Å². The van der Waals surface area contributed by atoms with Gasteiger partial charge in [0.2, 0.25) is 0 Å². The predicted molar refractivity (Wildman–Crippen MR) is 178 cm³/mol. The molecule has 6 aliphatic rings. The molecule has 4 aliphatic carbocycles. The molecule has 0 radical (unpaired) electrons. The normalized spacial score (nSPS) is 19.5. The highest BCUT2D eigenvalue weighted by molar-refractivity contribution is 6.29. The Kier molecular flexibility index (Phi) is 5.61. The number of aryl methyl sites for hydroxylation is 2. The van der Waals surface area contributed by atoms with Crippen LogP contribution in [0, 0.1) is 0 Å².